The highest BCUT2D eigenvalue weighted by Crippen LogP contribution is 2.26. The van der Waals surface area contributed by atoms with Gasteiger partial charge < -0.3 is 20.3 Å². The van der Waals surface area contributed by atoms with Gasteiger partial charge in [0, 0.05) is 31.4 Å². The largest absolute Gasteiger partial charge is 0.451 e. The number of hydrogen-bond acceptors (Lipinski definition) is 10. The minimum absolute atomic E-state index is 0.00634. The van der Waals surface area contributed by atoms with Crippen molar-refractivity contribution in [3.05, 3.63) is 42.0 Å². The summed E-state index contributed by atoms with van der Waals surface area (Å²) in [5.74, 6) is -2.21. The van der Waals surface area contributed by atoms with Gasteiger partial charge in [0.2, 0.25) is 5.91 Å². The number of likely N-dealkylation sites (tertiary alicyclic amines) is 1. The van der Waals surface area contributed by atoms with E-state index in [2.05, 4.69) is 26.4 Å². The van der Waals surface area contributed by atoms with Crippen LogP contribution >= 0.6 is 0 Å². The summed E-state index contributed by atoms with van der Waals surface area (Å²) < 4.78 is 5.85. The lowest BCUT2D eigenvalue weighted by Gasteiger charge is -2.36. The highest BCUT2D eigenvalue weighted by atomic mass is 16.5. The van der Waals surface area contributed by atoms with Crippen molar-refractivity contribution in [2.45, 2.75) is 90.4 Å². The average molecular weight is 705 g/mol. The van der Waals surface area contributed by atoms with Gasteiger partial charge in [-0.15, -0.1) is 0 Å². The topological polar surface area (TPSA) is 165 Å². The molecule has 51 heavy (non-hydrogen) atoms. The molecule has 0 saturated carbocycles. The lowest BCUT2D eigenvalue weighted by atomic mass is 9.92. The standard InChI is InChI=1S/C37H52N8O6/c1-23(2)32-34(48)40-28(12-14-31(46)38-26-16-20-43(5)21-17-26)35(49)45-19-7-8-27(41-45)33(47)42-44(6)30-13-11-25-10-9-24(22-29(25)39-30)15-18-37(3,4)36(50)51-32/h9-11,13,15,18,22-23,26-28,32,41H,7-8,12,14,16-17,19-21H2,1-6H3,(H,38,46)(H,40,48)(H,42,47)/b18-15+/t27-,28-,32-/m0/s1. The van der Waals surface area contributed by atoms with Crippen LogP contribution in [0.2, 0.25) is 0 Å². The number of nitrogens with one attached hydrogen (secondary N) is 4. The Morgan fingerprint density at radius 1 is 1.02 bits per heavy atom. The van der Waals surface area contributed by atoms with E-state index in [1.807, 2.05) is 31.3 Å². The highest BCUT2D eigenvalue weighted by molar-refractivity contribution is 5.92. The SMILES string of the molecule is CC(C)[C@@H]1OC(=O)C(C)(C)/C=C/c2ccc3ccc(nc3c2)N(C)NC(=O)[C@@H]2CCCN(N2)C(=O)[C@H](CCC(=O)NC2CCN(C)CC2)NC1=O. The Bertz CT molecular complexity index is 1650. The molecular weight excluding hydrogens is 652 g/mol. The lowest BCUT2D eigenvalue weighted by molar-refractivity contribution is -0.165. The molecule has 3 aliphatic heterocycles. The molecule has 0 aliphatic carbocycles. The van der Waals surface area contributed by atoms with Crippen LogP contribution in [0.3, 0.4) is 0 Å². The van der Waals surface area contributed by atoms with Crippen molar-refractivity contribution < 1.29 is 28.7 Å². The van der Waals surface area contributed by atoms with Crippen molar-refractivity contribution >= 4 is 52.4 Å². The van der Waals surface area contributed by atoms with Crippen LogP contribution in [0.4, 0.5) is 5.82 Å². The molecule has 1 aromatic carbocycles. The van der Waals surface area contributed by atoms with Crippen molar-refractivity contribution in [1.29, 1.82) is 0 Å². The lowest BCUT2D eigenvalue weighted by Crippen LogP contribution is -2.62. The minimum atomic E-state index is -1.20. The molecular formula is C37H52N8O6. The van der Waals surface area contributed by atoms with Gasteiger partial charge in [-0.25, -0.2) is 10.4 Å². The summed E-state index contributed by atoms with van der Waals surface area (Å²) in [5, 5.41) is 9.65. The van der Waals surface area contributed by atoms with Crippen molar-refractivity contribution in [1.82, 2.24) is 36.4 Å². The predicted octanol–water partition coefficient (Wildman–Crippen LogP) is 2.29. The van der Waals surface area contributed by atoms with Gasteiger partial charge in [-0.05, 0) is 95.8 Å². The molecule has 4 N–H and O–H groups in total. The van der Waals surface area contributed by atoms with Gasteiger partial charge >= 0.3 is 5.97 Å². The Labute approximate surface area is 299 Å². The fourth-order valence-corrected chi connectivity index (χ4v) is 6.41. The maximum absolute atomic E-state index is 14.1. The molecule has 2 fully saturated rings. The third-order valence-corrected chi connectivity index (χ3v) is 9.77. The second kappa shape index (κ2) is 16.2. The van der Waals surface area contributed by atoms with Crippen LogP contribution in [0.25, 0.3) is 17.0 Å². The number of rotatable bonds is 5. The average Bonchev–Trinajstić information content (AvgIpc) is 3.11. The number of esters is 1. The number of carbonyl (C=O) groups excluding carboxylic acids is 5. The molecule has 2 aromatic rings. The third-order valence-electron chi connectivity index (χ3n) is 9.77. The molecule has 14 heteroatoms. The number of anilines is 1. The zero-order valence-corrected chi connectivity index (χ0v) is 30.5. The Hall–Kier alpha value is -4.56. The summed E-state index contributed by atoms with van der Waals surface area (Å²) in [6.07, 6.45) is 5.01. The molecule has 0 spiro atoms. The van der Waals surface area contributed by atoms with Crippen molar-refractivity contribution in [2.24, 2.45) is 11.3 Å². The first-order valence-corrected chi connectivity index (χ1v) is 17.9. The third kappa shape index (κ3) is 9.61. The first-order valence-electron chi connectivity index (χ1n) is 17.9. The van der Waals surface area contributed by atoms with Crippen LogP contribution in [0.1, 0.15) is 71.8 Å². The summed E-state index contributed by atoms with van der Waals surface area (Å²) in [7, 11) is 3.74. The van der Waals surface area contributed by atoms with Gasteiger partial charge in [-0.3, -0.25) is 39.4 Å². The Morgan fingerprint density at radius 2 is 1.75 bits per heavy atom. The number of cyclic esters (lactones) is 1. The summed E-state index contributed by atoms with van der Waals surface area (Å²) >= 11 is 0. The monoisotopic (exact) mass is 704 g/mol. The first kappa shape index (κ1) is 37.7. The van der Waals surface area contributed by atoms with Crippen LogP contribution in [-0.2, 0) is 28.7 Å². The van der Waals surface area contributed by atoms with E-state index in [4.69, 9.17) is 9.72 Å². The first-order chi connectivity index (χ1) is 24.2. The van der Waals surface area contributed by atoms with E-state index in [1.54, 1.807) is 53.0 Å². The molecule has 3 atom stereocenters. The molecule has 0 radical (unpaired) electrons. The smallest absolute Gasteiger partial charge is 0.316 e. The van der Waals surface area contributed by atoms with Crippen molar-refractivity contribution in [3.63, 3.8) is 0 Å². The van der Waals surface area contributed by atoms with E-state index < -0.39 is 47.3 Å². The van der Waals surface area contributed by atoms with E-state index >= 15 is 0 Å². The zero-order chi connectivity index (χ0) is 36.9. The number of amides is 4. The van der Waals surface area contributed by atoms with E-state index in [-0.39, 0.29) is 30.7 Å². The fourth-order valence-electron chi connectivity index (χ4n) is 6.41. The van der Waals surface area contributed by atoms with E-state index in [1.165, 1.54) is 10.0 Å². The van der Waals surface area contributed by atoms with E-state index in [0.717, 1.165) is 36.9 Å². The Morgan fingerprint density at radius 3 is 2.47 bits per heavy atom. The van der Waals surface area contributed by atoms with Gasteiger partial charge in [0.05, 0.1) is 10.9 Å². The van der Waals surface area contributed by atoms with Crippen LogP contribution in [0.15, 0.2) is 36.4 Å². The molecule has 276 valence electrons. The summed E-state index contributed by atoms with van der Waals surface area (Å²) in [4.78, 5) is 74.9. The quantitative estimate of drug-likeness (QED) is 0.340. The molecule has 14 nitrogen and oxygen atoms in total. The Kier molecular flexibility index (Phi) is 12.0. The number of aromatic nitrogens is 1. The summed E-state index contributed by atoms with van der Waals surface area (Å²) in [6.45, 7) is 9.00. The van der Waals surface area contributed by atoms with Crippen molar-refractivity contribution in [3.8, 4) is 0 Å². The van der Waals surface area contributed by atoms with Crippen LogP contribution in [0.5, 0.6) is 0 Å². The number of piperidine rings is 1. The molecule has 5 rings (SSSR count). The number of benzene rings is 1. The molecule has 4 heterocycles. The van der Waals surface area contributed by atoms with E-state index in [9.17, 15) is 24.0 Å². The predicted molar refractivity (Wildman–Crippen MR) is 194 cm³/mol. The second-order valence-electron chi connectivity index (χ2n) is 14.8. The van der Waals surface area contributed by atoms with Gasteiger partial charge in [0.1, 0.15) is 17.9 Å². The summed E-state index contributed by atoms with van der Waals surface area (Å²) in [6, 6.07) is 7.63. The Balaban J connectivity index is 1.43. The van der Waals surface area contributed by atoms with Crippen LogP contribution in [-0.4, -0.2) is 102 Å². The number of ether oxygens (including phenoxy) is 1. The number of hydrogen-bond donors (Lipinski definition) is 4. The van der Waals surface area contributed by atoms with Crippen LogP contribution in [0, 0.1) is 11.3 Å². The van der Waals surface area contributed by atoms with E-state index in [0.29, 0.717) is 30.7 Å². The van der Waals surface area contributed by atoms with Gasteiger partial charge in [0.15, 0.2) is 6.10 Å². The molecule has 5 bridgehead atoms. The number of fused-ring (bicyclic) bond motifs is 4. The van der Waals surface area contributed by atoms with Crippen molar-refractivity contribution in [2.75, 3.05) is 38.7 Å². The van der Waals surface area contributed by atoms with Gasteiger partial charge in [-0.2, -0.15) is 0 Å². The normalized spacial score (nSPS) is 25.0. The number of hydrazine groups is 2. The van der Waals surface area contributed by atoms with Gasteiger partial charge in [-0.1, -0.05) is 38.1 Å². The zero-order valence-electron chi connectivity index (χ0n) is 30.5. The minimum Gasteiger partial charge on any atom is -0.451 e. The second-order valence-corrected chi connectivity index (χ2v) is 14.8. The molecule has 4 amide bonds. The fraction of sp³-hybridized carbons (Fsp3) is 0.568. The maximum atomic E-state index is 14.1. The molecule has 1 aromatic heterocycles. The summed E-state index contributed by atoms with van der Waals surface area (Å²) in [5.41, 5.74) is 6.31. The highest BCUT2D eigenvalue weighted by Gasteiger charge is 2.37. The number of nitrogens with zero attached hydrogens (tertiary/aromatic N) is 4. The number of carbonyl (C=O) groups is 5. The maximum Gasteiger partial charge on any atom is 0.316 e. The van der Waals surface area contributed by atoms with Gasteiger partial charge in [0.25, 0.3) is 17.7 Å². The number of pyridine rings is 1. The molecule has 0 unspecified atom stereocenters. The molecule has 2 saturated heterocycles. The van der Waals surface area contributed by atoms with Crippen LogP contribution < -0.4 is 26.5 Å². The molecule has 3 aliphatic rings.